The van der Waals surface area contributed by atoms with Crippen LogP contribution in [0, 0.1) is 5.95 Å². The predicted molar refractivity (Wildman–Crippen MR) is 108 cm³/mol. The fourth-order valence-electron chi connectivity index (χ4n) is 3.89. The molecule has 1 saturated heterocycles. The molecule has 0 bridgehead atoms. The third-order valence-electron chi connectivity index (χ3n) is 5.51. The number of nitrogens with one attached hydrogen (secondary N) is 1. The predicted octanol–water partition coefficient (Wildman–Crippen LogP) is 4.75. The molecule has 0 atom stereocenters. The largest absolute Gasteiger partial charge is 0.474 e. The van der Waals surface area contributed by atoms with Crippen LogP contribution < -0.4 is 10.1 Å². The minimum Gasteiger partial charge on any atom is -0.474 e. The van der Waals surface area contributed by atoms with Gasteiger partial charge in [-0.05, 0) is 43.0 Å². The Labute approximate surface area is 166 Å². The number of pyridine rings is 1. The maximum atomic E-state index is 13.7. The van der Waals surface area contributed by atoms with Crippen molar-refractivity contribution in [3.8, 4) is 5.88 Å². The minimum absolute atomic E-state index is 0.0553. The number of hydrogen-bond donors (Lipinski definition) is 1. The molecule has 0 unspecified atom stereocenters. The smallest absolute Gasteiger partial charge is 0.219 e. The Morgan fingerprint density at radius 1 is 1.07 bits per heavy atom. The van der Waals surface area contributed by atoms with Crippen LogP contribution in [0.3, 0.4) is 0 Å². The Morgan fingerprint density at radius 3 is 2.71 bits per heavy atom. The first-order valence-electron chi connectivity index (χ1n) is 9.77. The molecule has 28 heavy (non-hydrogen) atoms. The van der Waals surface area contributed by atoms with Crippen LogP contribution in [0.1, 0.15) is 37.2 Å². The summed E-state index contributed by atoms with van der Waals surface area (Å²) in [5, 5.41) is 4.43. The van der Waals surface area contributed by atoms with Gasteiger partial charge in [0.25, 0.3) is 0 Å². The third kappa shape index (κ3) is 3.69. The molecule has 2 aliphatic rings. The zero-order valence-corrected chi connectivity index (χ0v) is 16.3. The number of halogens is 1. The monoisotopic (exact) mass is 399 g/mol. The standard InChI is InChI=1S/C21H22FN3O2S/c22-19-6-5-16(13-7-9-26-10-8-13)20(25-19)27-15-11-14(12-15)23-21-24-17-3-1-2-4-18(17)28-21/h1-6,13-15H,7-12H2,(H,23,24)/t14-,15+. The summed E-state index contributed by atoms with van der Waals surface area (Å²) in [5.74, 6) is 0.290. The molecule has 1 aliphatic heterocycles. The van der Waals surface area contributed by atoms with Crippen LogP contribution in [0.2, 0.25) is 0 Å². The molecule has 0 radical (unpaired) electrons. The first-order chi connectivity index (χ1) is 13.7. The van der Waals surface area contributed by atoms with Gasteiger partial charge in [-0.2, -0.15) is 9.37 Å². The van der Waals surface area contributed by atoms with E-state index in [0.29, 0.717) is 17.8 Å². The Morgan fingerprint density at radius 2 is 1.89 bits per heavy atom. The molecule has 1 N–H and O–H groups in total. The van der Waals surface area contributed by atoms with Crippen LogP contribution in [-0.4, -0.2) is 35.3 Å². The van der Waals surface area contributed by atoms with Crippen molar-refractivity contribution in [1.82, 2.24) is 9.97 Å². The topological polar surface area (TPSA) is 56.3 Å². The van der Waals surface area contributed by atoms with Crippen molar-refractivity contribution in [3.63, 3.8) is 0 Å². The van der Waals surface area contributed by atoms with E-state index in [1.54, 1.807) is 11.3 Å². The second kappa shape index (κ2) is 7.64. The first kappa shape index (κ1) is 17.8. The van der Waals surface area contributed by atoms with E-state index in [2.05, 4.69) is 21.4 Å². The van der Waals surface area contributed by atoms with Crippen molar-refractivity contribution >= 4 is 26.7 Å². The zero-order valence-electron chi connectivity index (χ0n) is 15.4. The fourth-order valence-corrected chi connectivity index (χ4v) is 4.83. The van der Waals surface area contributed by atoms with Crippen LogP contribution in [0.25, 0.3) is 10.2 Å². The Bertz CT molecular complexity index is 934. The van der Waals surface area contributed by atoms with Crippen LogP contribution in [0.15, 0.2) is 36.4 Å². The molecule has 5 nitrogen and oxygen atoms in total. The summed E-state index contributed by atoms with van der Waals surface area (Å²) in [6.45, 7) is 1.47. The van der Waals surface area contributed by atoms with Crippen LogP contribution in [-0.2, 0) is 4.74 Å². The molecule has 1 aliphatic carbocycles. The van der Waals surface area contributed by atoms with Crippen molar-refractivity contribution in [3.05, 3.63) is 47.9 Å². The van der Waals surface area contributed by atoms with Crippen molar-refractivity contribution in [2.24, 2.45) is 0 Å². The van der Waals surface area contributed by atoms with Crippen LogP contribution >= 0.6 is 11.3 Å². The summed E-state index contributed by atoms with van der Waals surface area (Å²) in [5.41, 5.74) is 2.03. The van der Waals surface area contributed by atoms with E-state index in [1.807, 2.05) is 24.3 Å². The number of ether oxygens (including phenoxy) is 2. The van der Waals surface area contributed by atoms with E-state index >= 15 is 0 Å². The van der Waals surface area contributed by atoms with Gasteiger partial charge in [0.2, 0.25) is 11.8 Å². The minimum atomic E-state index is -0.491. The highest BCUT2D eigenvalue weighted by Gasteiger charge is 2.33. The van der Waals surface area contributed by atoms with Gasteiger partial charge in [0.1, 0.15) is 6.10 Å². The Hall–Kier alpha value is -2.25. The van der Waals surface area contributed by atoms with E-state index in [9.17, 15) is 4.39 Å². The summed E-state index contributed by atoms with van der Waals surface area (Å²) in [7, 11) is 0. The summed E-state index contributed by atoms with van der Waals surface area (Å²) in [6.07, 6.45) is 3.63. The number of benzene rings is 1. The lowest BCUT2D eigenvalue weighted by Gasteiger charge is -2.36. The van der Waals surface area contributed by atoms with Crippen molar-refractivity contribution in [2.75, 3.05) is 18.5 Å². The molecule has 7 heteroatoms. The number of para-hydroxylation sites is 1. The third-order valence-corrected chi connectivity index (χ3v) is 6.48. The SMILES string of the molecule is Fc1ccc(C2CCOCC2)c(O[C@H]2C[C@@H](Nc3nc4ccccc4s3)C2)n1. The fraction of sp³-hybridized carbons (Fsp3) is 0.429. The summed E-state index contributed by atoms with van der Waals surface area (Å²) in [4.78, 5) is 8.67. The molecule has 5 rings (SSSR count). The van der Waals surface area contributed by atoms with Gasteiger partial charge >= 0.3 is 0 Å². The summed E-state index contributed by atoms with van der Waals surface area (Å²) in [6, 6.07) is 11.7. The zero-order chi connectivity index (χ0) is 18.9. The van der Waals surface area contributed by atoms with E-state index in [-0.39, 0.29) is 6.10 Å². The molecule has 2 aromatic heterocycles. The number of fused-ring (bicyclic) bond motifs is 1. The molecule has 2 fully saturated rings. The summed E-state index contributed by atoms with van der Waals surface area (Å²) >= 11 is 1.67. The van der Waals surface area contributed by atoms with Crippen LogP contribution in [0.4, 0.5) is 9.52 Å². The van der Waals surface area contributed by atoms with Gasteiger partial charge in [-0.1, -0.05) is 23.5 Å². The molecule has 3 heterocycles. The number of hydrogen-bond acceptors (Lipinski definition) is 6. The van der Waals surface area contributed by atoms with Crippen molar-refractivity contribution in [1.29, 1.82) is 0 Å². The van der Waals surface area contributed by atoms with E-state index in [1.165, 1.54) is 10.8 Å². The highest BCUT2D eigenvalue weighted by Crippen LogP contribution is 2.36. The normalized spacial score (nSPS) is 22.8. The number of aromatic nitrogens is 2. The lowest BCUT2D eigenvalue weighted by molar-refractivity contribution is 0.0790. The molecule has 1 aromatic carbocycles. The second-order valence-electron chi connectivity index (χ2n) is 7.45. The molecule has 146 valence electrons. The average molecular weight is 399 g/mol. The number of nitrogens with zero attached hydrogens (tertiary/aromatic N) is 2. The summed E-state index contributed by atoms with van der Waals surface area (Å²) < 4.78 is 26.4. The maximum absolute atomic E-state index is 13.7. The highest BCUT2D eigenvalue weighted by atomic mass is 32.1. The first-order valence-corrected chi connectivity index (χ1v) is 10.6. The maximum Gasteiger partial charge on any atom is 0.219 e. The van der Waals surface area contributed by atoms with Gasteiger partial charge in [0, 0.05) is 37.7 Å². The van der Waals surface area contributed by atoms with Gasteiger partial charge in [0.05, 0.1) is 10.2 Å². The Balaban J connectivity index is 1.22. The van der Waals surface area contributed by atoms with Gasteiger partial charge < -0.3 is 14.8 Å². The van der Waals surface area contributed by atoms with Gasteiger partial charge in [-0.3, -0.25) is 0 Å². The van der Waals surface area contributed by atoms with E-state index in [0.717, 1.165) is 55.1 Å². The number of rotatable bonds is 5. The number of thiazole rings is 1. The quantitative estimate of drug-likeness (QED) is 0.628. The van der Waals surface area contributed by atoms with Gasteiger partial charge in [-0.25, -0.2) is 4.98 Å². The molecule has 0 amide bonds. The van der Waals surface area contributed by atoms with E-state index in [4.69, 9.17) is 9.47 Å². The van der Waals surface area contributed by atoms with Gasteiger partial charge in [-0.15, -0.1) is 0 Å². The molecular weight excluding hydrogens is 377 g/mol. The Kier molecular flexibility index (Phi) is 4.86. The highest BCUT2D eigenvalue weighted by molar-refractivity contribution is 7.22. The molecule has 3 aromatic rings. The van der Waals surface area contributed by atoms with Gasteiger partial charge in [0.15, 0.2) is 5.13 Å². The van der Waals surface area contributed by atoms with E-state index < -0.39 is 5.95 Å². The van der Waals surface area contributed by atoms with Crippen molar-refractivity contribution < 1.29 is 13.9 Å². The van der Waals surface area contributed by atoms with Crippen LogP contribution in [0.5, 0.6) is 5.88 Å². The molecule has 1 saturated carbocycles. The average Bonchev–Trinajstić information content (AvgIpc) is 3.10. The lowest BCUT2D eigenvalue weighted by atomic mass is 9.89. The lowest BCUT2D eigenvalue weighted by Crippen LogP contribution is -2.42. The molecule has 0 spiro atoms. The van der Waals surface area contributed by atoms with Crippen molar-refractivity contribution in [2.45, 2.75) is 43.7 Å². The number of anilines is 1. The second-order valence-corrected chi connectivity index (χ2v) is 8.48. The molecular formula is C21H22FN3O2S.